The number of amides is 1. The minimum Gasteiger partial charge on any atom is -0.464 e. The molecule has 0 radical (unpaired) electrons. The van der Waals surface area contributed by atoms with E-state index in [1.165, 1.54) is 0 Å². The first kappa shape index (κ1) is 16.8. The summed E-state index contributed by atoms with van der Waals surface area (Å²) in [6.45, 7) is 7.64. The summed E-state index contributed by atoms with van der Waals surface area (Å²) in [5.74, 6) is -0.489. The van der Waals surface area contributed by atoms with Crippen LogP contribution < -0.4 is 5.32 Å². The number of benzene rings is 1. The van der Waals surface area contributed by atoms with E-state index in [2.05, 4.69) is 11.9 Å². The number of hydrogen-bond donors (Lipinski definition) is 1. The molecule has 114 valence electrons. The van der Waals surface area contributed by atoms with Gasteiger partial charge in [0.05, 0.1) is 6.61 Å². The third kappa shape index (κ3) is 6.61. The number of carbonyl (C=O) groups is 2. The molecule has 5 heteroatoms. The van der Waals surface area contributed by atoms with Gasteiger partial charge in [0.1, 0.15) is 12.6 Å². The Morgan fingerprint density at radius 2 is 1.90 bits per heavy atom. The lowest BCUT2D eigenvalue weighted by Crippen LogP contribution is -2.42. The number of rotatable bonds is 7. The zero-order chi connectivity index (χ0) is 15.7. The van der Waals surface area contributed by atoms with Crippen LogP contribution in [0.4, 0.5) is 4.79 Å². The highest BCUT2D eigenvalue weighted by Crippen LogP contribution is 2.06. The molecule has 0 aliphatic carbocycles. The number of ether oxygens (including phenoxy) is 2. The maximum atomic E-state index is 11.8. The molecular formula is C16H21NO4. The standard InChI is InChI=1S/C16H21NO4/c1-4-20-15(18)14(10-12(2)3)17-16(19)21-11-13-8-6-5-7-9-13/h5-9,14H,2,4,10-11H2,1,3H3,(H,17,19). The van der Waals surface area contributed by atoms with Gasteiger partial charge in [-0.1, -0.05) is 35.9 Å². The Morgan fingerprint density at radius 1 is 1.24 bits per heavy atom. The van der Waals surface area contributed by atoms with Gasteiger partial charge in [0.15, 0.2) is 0 Å². The first-order valence-corrected chi connectivity index (χ1v) is 6.81. The summed E-state index contributed by atoms with van der Waals surface area (Å²) in [5.41, 5.74) is 1.65. The second kappa shape index (κ2) is 8.79. The summed E-state index contributed by atoms with van der Waals surface area (Å²) in [7, 11) is 0. The predicted octanol–water partition coefficient (Wildman–Crippen LogP) is 2.81. The molecule has 0 aromatic heterocycles. The van der Waals surface area contributed by atoms with E-state index in [1.807, 2.05) is 30.3 Å². The van der Waals surface area contributed by atoms with Crippen LogP contribution >= 0.6 is 0 Å². The van der Waals surface area contributed by atoms with E-state index in [0.717, 1.165) is 11.1 Å². The molecule has 0 saturated heterocycles. The summed E-state index contributed by atoms with van der Waals surface area (Å²) in [6, 6.07) is 8.53. The van der Waals surface area contributed by atoms with Gasteiger partial charge in [0.25, 0.3) is 0 Å². The third-order valence-electron chi connectivity index (χ3n) is 2.63. The number of alkyl carbamates (subject to hydrolysis) is 1. The molecule has 1 amide bonds. The van der Waals surface area contributed by atoms with E-state index in [4.69, 9.17) is 9.47 Å². The van der Waals surface area contributed by atoms with Gasteiger partial charge in [0, 0.05) is 0 Å². The van der Waals surface area contributed by atoms with Gasteiger partial charge >= 0.3 is 12.1 Å². The van der Waals surface area contributed by atoms with Crippen LogP contribution in [0.3, 0.4) is 0 Å². The van der Waals surface area contributed by atoms with E-state index < -0.39 is 18.1 Å². The van der Waals surface area contributed by atoms with Crippen molar-refractivity contribution in [3.05, 3.63) is 48.0 Å². The molecule has 0 spiro atoms. The van der Waals surface area contributed by atoms with Crippen LogP contribution in [0, 0.1) is 0 Å². The SMILES string of the molecule is C=C(C)CC(NC(=O)OCc1ccccc1)C(=O)OCC. The highest BCUT2D eigenvalue weighted by Gasteiger charge is 2.22. The smallest absolute Gasteiger partial charge is 0.408 e. The molecule has 21 heavy (non-hydrogen) atoms. The minimum atomic E-state index is -0.772. The van der Waals surface area contributed by atoms with E-state index in [1.54, 1.807) is 13.8 Å². The molecule has 0 aliphatic heterocycles. The van der Waals surface area contributed by atoms with Crippen LogP contribution in [0.2, 0.25) is 0 Å². The number of nitrogens with one attached hydrogen (secondary N) is 1. The zero-order valence-corrected chi connectivity index (χ0v) is 12.4. The van der Waals surface area contributed by atoms with Crippen molar-refractivity contribution < 1.29 is 19.1 Å². The topological polar surface area (TPSA) is 64.6 Å². The number of carbonyl (C=O) groups excluding carboxylic acids is 2. The summed E-state index contributed by atoms with van der Waals surface area (Å²) in [4.78, 5) is 23.5. The van der Waals surface area contributed by atoms with Gasteiger partial charge in [-0.2, -0.15) is 0 Å². The average Bonchev–Trinajstić information content (AvgIpc) is 2.45. The Balaban J connectivity index is 2.51. The van der Waals surface area contributed by atoms with Crippen molar-refractivity contribution in [3.63, 3.8) is 0 Å². The fraction of sp³-hybridized carbons (Fsp3) is 0.375. The van der Waals surface area contributed by atoms with Crippen molar-refractivity contribution in [2.75, 3.05) is 6.61 Å². The highest BCUT2D eigenvalue weighted by molar-refractivity contribution is 5.81. The van der Waals surface area contributed by atoms with Crippen molar-refractivity contribution >= 4 is 12.1 Å². The molecule has 0 saturated carbocycles. The quantitative estimate of drug-likeness (QED) is 0.619. The lowest BCUT2D eigenvalue weighted by Gasteiger charge is -2.17. The van der Waals surface area contributed by atoms with E-state index in [9.17, 15) is 9.59 Å². The van der Waals surface area contributed by atoms with Gasteiger partial charge in [-0.15, -0.1) is 6.58 Å². The van der Waals surface area contributed by atoms with Crippen molar-refractivity contribution in [3.8, 4) is 0 Å². The Bertz CT molecular complexity index is 484. The summed E-state index contributed by atoms with van der Waals surface area (Å²) in [5, 5.41) is 2.51. The zero-order valence-electron chi connectivity index (χ0n) is 12.4. The Hall–Kier alpha value is -2.30. The molecule has 0 fully saturated rings. The normalized spacial score (nSPS) is 11.3. The molecule has 0 heterocycles. The maximum Gasteiger partial charge on any atom is 0.408 e. The predicted molar refractivity (Wildman–Crippen MR) is 79.6 cm³/mol. The Labute approximate surface area is 124 Å². The lowest BCUT2D eigenvalue weighted by atomic mass is 10.1. The molecule has 1 aromatic carbocycles. The molecule has 0 bridgehead atoms. The first-order chi connectivity index (χ1) is 10.0. The molecule has 1 rings (SSSR count). The van der Waals surface area contributed by atoms with Crippen LogP contribution in [-0.4, -0.2) is 24.7 Å². The van der Waals surface area contributed by atoms with Gasteiger partial charge in [-0.25, -0.2) is 9.59 Å². The van der Waals surface area contributed by atoms with Crippen LogP contribution in [0.25, 0.3) is 0 Å². The van der Waals surface area contributed by atoms with Crippen LogP contribution in [-0.2, 0) is 20.9 Å². The van der Waals surface area contributed by atoms with Crippen molar-refractivity contribution in [1.82, 2.24) is 5.32 Å². The maximum absolute atomic E-state index is 11.8. The highest BCUT2D eigenvalue weighted by atomic mass is 16.6. The van der Waals surface area contributed by atoms with E-state index in [0.29, 0.717) is 6.42 Å². The molecule has 0 aliphatic rings. The largest absolute Gasteiger partial charge is 0.464 e. The lowest BCUT2D eigenvalue weighted by molar-refractivity contribution is -0.145. The van der Waals surface area contributed by atoms with Crippen molar-refractivity contribution in [2.45, 2.75) is 32.9 Å². The Kier molecular flexibility index (Phi) is 7.01. The van der Waals surface area contributed by atoms with Crippen LogP contribution in [0.5, 0.6) is 0 Å². The number of esters is 1. The fourth-order valence-electron chi connectivity index (χ4n) is 1.69. The summed E-state index contributed by atoms with van der Waals surface area (Å²) >= 11 is 0. The van der Waals surface area contributed by atoms with Crippen molar-refractivity contribution in [1.29, 1.82) is 0 Å². The molecule has 1 N–H and O–H groups in total. The van der Waals surface area contributed by atoms with Crippen LogP contribution in [0.15, 0.2) is 42.5 Å². The van der Waals surface area contributed by atoms with Gasteiger partial charge < -0.3 is 14.8 Å². The molecule has 1 aromatic rings. The Morgan fingerprint density at radius 3 is 2.48 bits per heavy atom. The first-order valence-electron chi connectivity index (χ1n) is 6.81. The third-order valence-corrected chi connectivity index (χ3v) is 2.63. The monoisotopic (exact) mass is 291 g/mol. The minimum absolute atomic E-state index is 0.148. The number of hydrogen-bond acceptors (Lipinski definition) is 4. The summed E-state index contributed by atoms with van der Waals surface area (Å²) in [6.07, 6.45) is -0.336. The van der Waals surface area contributed by atoms with E-state index >= 15 is 0 Å². The fourth-order valence-corrected chi connectivity index (χ4v) is 1.69. The molecule has 1 unspecified atom stereocenters. The molecule has 1 atom stereocenters. The summed E-state index contributed by atoms with van der Waals surface area (Å²) < 4.78 is 10.00. The molecular weight excluding hydrogens is 270 g/mol. The average molecular weight is 291 g/mol. The van der Waals surface area contributed by atoms with Crippen molar-refractivity contribution in [2.24, 2.45) is 0 Å². The second-order valence-corrected chi connectivity index (χ2v) is 4.67. The van der Waals surface area contributed by atoms with Crippen LogP contribution in [0.1, 0.15) is 25.8 Å². The van der Waals surface area contributed by atoms with Gasteiger partial charge in [0.2, 0.25) is 0 Å². The van der Waals surface area contributed by atoms with E-state index in [-0.39, 0.29) is 13.2 Å². The van der Waals surface area contributed by atoms with Gasteiger partial charge in [-0.3, -0.25) is 0 Å². The molecule has 5 nitrogen and oxygen atoms in total. The van der Waals surface area contributed by atoms with Gasteiger partial charge in [-0.05, 0) is 25.8 Å². The second-order valence-electron chi connectivity index (χ2n) is 4.67.